The Kier molecular flexibility index (Phi) is 2.35. The minimum absolute atomic E-state index is 0.0625. The first-order valence-corrected chi connectivity index (χ1v) is 3.14. The molecule has 1 rings (SSSR count). The number of hydrogen-bond acceptors (Lipinski definition) is 4. The summed E-state index contributed by atoms with van der Waals surface area (Å²) in [6.07, 6.45) is 1.26. The van der Waals surface area contributed by atoms with Gasteiger partial charge in [0.15, 0.2) is 0 Å². The molecule has 0 aliphatic rings. The summed E-state index contributed by atoms with van der Waals surface area (Å²) in [6.45, 7) is 0. The average molecular weight is 162 g/mol. The van der Waals surface area contributed by atoms with Crippen LogP contribution in [0, 0.1) is 0 Å². The standard InChI is InChI=1S/C8H5NO3/c10-5-9-7-4-2-1-3-6(7)8(11)12/h1-4H,(H,11,12)/p-1. The van der Waals surface area contributed by atoms with Crippen molar-refractivity contribution in [1.82, 2.24) is 0 Å². The maximum Gasteiger partial charge on any atom is 0.240 e. The van der Waals surface area contributed by atoms with E-state index in [1.54, 1.807) is 6.07 Å². The number of carboxylic acid groups (broad SMARTS) is 1. The molecule has 1 aromatic carbocycles. The van der Waals surface area contributed by atoms with Crippen molar-refractivity contribution >= 4 is 17.7 Å². The number of isocyanates is 1. The van der Waals surface area contributed by atoms with E-state index in [4.69, 9.17) is 0 Å². The molecule has 0 bridgehead atoms. The van der Waals surface area contributed by atoms with Crippen LogP contribution >= 0.6 is 0 Å². The Morgan fingerprint density at radius 2 is 2.08 bits per heavy atom. The van der Waals surface area contributed by atoms with Gasteiger partial charge in [-0.25, -0.2) is 4.79 Å². The van der Waals surface area contributed by atoms with Gasteiger partial charge in [0.1, 0.15) is 0 Å². The molecule has 0 N–H and O–H groups in total. The number of benzene rings is 1. The van der Waals surface area contributed by atoms with E-state index in [1.165, 1.54) is 24.3 Å². The lowest BCUT2D eigenvalue weighted by Crippen LogP contribution is -2.22. The topological polar surface area (TPSA) is 69.6 Å². The molecule has 1 aromatic rings. The quantitative estimate of drug-likeness (QED) is 0.454. The summed E-state index contributed by atoms with van der Waals surface area (Å²) in [5, 5.41) is 10.4. The third-order valence-electron chi connectivity index (χ3n) is 1.29. The molecule has 0 amide bonds. The number of para-hydroxylation sites is 1. The molecule has 0 spiro atoms. The predicted octanol–water partition coefficient (Wildman–Crippen LogP) is 0.0174. The maximum atomic E-state index is 10.4. The molecule has 0 radical (unpaired) electrons. The molecule has 0 heterocycles. The molecule has 0 aliphatic carbocycles. The monoisotopic (exact) mass is 162 g/mol. The average Bonchev–Trinajstić information content (AvgIpc) is 2.05. The lowest BCUT2D eigenvalue weighted by Gasteiger charge is -2.03. The lowest BCUT2D eigenvalue weighted by atomic mass is 10.2. The molecular weight excluding hydrogens is 158 g/mol. The van der Waals surface area contributed by atoms with Crippen LogP contribution in [0.25, 0.3) is 0 Å². The highest BCUT2D eigenvalue weighted by Gasteiger charge is 1.99. The van der Waals surface area contributed by atoms with Gasteiger partial charge in [-0.3, -0.25) is 0 Å². The van der Waals surface area contributed by atoms with E-state index in [2.05, 4.69) is 4.99 Å². The summed E-state index contributed by atoms with van der Waals surface area (Å²) in [7, 11) is 0. The van der Waals surface area contributed by atoms with Crippen molar-refractivity contribution in [3.05, 3.63) is 29.8 Å². The second-order valence-electron chi connectivity index (χ2n) is 2.01. The second-order valence-corrected chi connectivity index (χ2v) is 2.01. The number of carbonyl (C=O) groups excluding carboxylic acids is 2. The number of aromatic carboxylic acids is 1. The predicted molar refractivity (Wildman–Crippen MR) is 38.6 cm³/mol. The molecule has 0 fully saturated rings. The first-order chi connectivity index (χ1) is 5.75. The summed E-state index contributed by atoms with van der Waals surface area (Å²) in [4.78, 5) is 23.4. The molecule has 0 unspecified atom stereocenters. The van der Waals surface area contributed by atoms with Crippen LogP contribution in [-0.4, -0.2) is 12.0 Å². The van der Waals surface area contributed by atoms with Crippen molar-refractivity contribution in [3.8, 4) is 0 Å². The summed E-state index contributed by atoms with van der Waals surface area (Å²) >= 11 is 0. The third kappa shape index (κ3) is 1.56. The fourth-order valence-electron chi connectivity index (χ4n) is 0.793. The first-order valence-electron chi connectivity index (χ1n) is 3.14. The summed E-state index contributed by atoms with van der Waals surface area (Å²) in [5.41, 5.74) is -0.0478. The van der Waals surface area contributed by atoms with Crippen LogP contribution in [0.4, 0.5) is 5.69 Å². The molecule has 12 heavy (non-hydrogen) atoms. The van der Waals surface area contributed by atoms with Crippen LogP contribution in [0.2, 0.25) is 0 Å². The van der Waals surface area contributed by atoms with Gasteiger partial charge in [-0.15, -0.1) is 0 Å². The lowest BCUT2D eigenvalue weighted by molar-refractivity contribution is -0.254. The van der Waals surface area contributed by atoms with Crippen molar-refractivity contribution in [2.45, 2.75) is 0 Å². The van der Waals surface area contributed by atoms with Gasteiger partial charge in [0.2, 0.25) is 6.08 Å². The van der Waals surface area contributed by atoms with Gasteiger partial charge in [0, 0.05) is 5.56 Å². The molecule has 60 valence electrons. The SMILES string of the molecule is O=C=Nc1ccccc1C(=O)[O-]. The van der Waals surface area contributed by atoms with E-state index in [0.29, 0.717) is 0 Å². The minimum Gasteiger partial charge on any atom is -0.545 e. The Morgan fingerprint density at radius 1 is 1.42 bits per heavy atom. The summed E-state index contributed by atoms with van der Waals surface area (Å²) < 4.78 is 0. The minimum atomic E-state index is -1.36. The number of hydrogen-bond donors (Lipinski definition) is 0. The van der Waals surface area contributed by atoms with Crippen LogP contribution in [-0.2, 0) is 4.79 Å². The van der Waals surface area contributed by atoms with E-state index in [-0.39, 0.29) is 11.3 Å². The zero-order valence-corrected chi connectivity index (χ0v) is 5.98. The van der Waals surface area contributed by atoms with Gasteiger partial charge >= 0.3 is 0 Å². The van der Waals surface area contributed by atoms with Crippen molar-refractivity contribution in [3.63, 3.8) is 0 Å². The number of carbonyl (C=O) groups is 1. The van der Waals surface area contributed by atoms with Gasteiger partial charge in [-0.2, -0.15) is 4.99 Å². The molecule has 0 saturated heterocycles. The van der Waals surface area contributed by atoms with Crippen molar-refractivity contribution in [2.24, 2.45) is 4.99 Å². The Morgan fingerprint density at radius 3 is 2.67 bits per heavy atom. The summed E-state index contributed by atoms with van der Waals surface area (Å²) in [6, 6.07) is 5.80. The van der Waals surface area contributed by atoms with E-state index in [1.807, 2.05) is 0 Å². The van der Waals surface area contributed by atoms with Crippen molar-refractivity contribution < 1.29 is 14.7 Å². The van der Waals surface area contributed by atoms with Crippen LogP contribution in [0.5, 0.6) is 0 Å². The van der Waals surface area contributed by atoms with Crippen LogP contribution < -0.4 is 5.11 Å². The van der Waals surface area contributed by atoms with Gasteiger partial charge in [-0.1, -0.05) is 18.2 Å². The molecule has 0 atom stereocenters. The van der Waals surface area contributed by atoms with E-state index in [9.17, 15) is 14.7 Å². The molecule has 4 nitrogen and oxygen atoms in total. The van der Waals surface area contributed by atoms with Crippen LogP contribution in [0.1, 0.15) is 10.4 Å². The van der Waals surface area contributed by atoms with Crippen molar-refractivity contribution in [1.29, 1.82) is 0 Å². The Hall–Kier alpha value is -1.93. The number of aliphatic imine (C=N–C) groups is 1. The molecule has 4 heteroatoms. The third-order valence-corrected chi connectivity index (χ3v) is 1.29. The van der Waals surface area contributed by atoms with Crippen LogP contribution in [0.15, 0.2) is 29.3 Å². The smallest absolute Gasteiger partial charge is 0.240 e. The Bertz CT molecular complexity index is 332. The zero-order valence-electron chi connectivity index (χ0n) is 5.98. The second kappa shape index (κ2) is 3.46. The van der Waals surface area contributed by atoms with E-state index >= 15 is 0 Å². The van der Waals surface area contributed by atoms with Gasteiger partial charge in [0.05, 0.1) is 11.7 Å². The fraction of sp³-hybridized carbons (Fsp3) is 0. The number of carboxylic acids is 1. The van der Waals surface area contributed by atoms with Gasteiger partial charge in [-0.05, 0) is 6.07 Å². The normalized spacial score (nSPS) is 8.67. The largest absolute Gasteiger partial charge is 0.545 e. The fourth-order valence-corrected chi connectivity index (χ4v) is 0.793. The molecule has 0 aromatic heterocycles. The molecule has 0 saturated carbocycles. The highest BCUT2D eigenvalue weighted by molar-refractivity contribution is 5.92. The Labute approximate surface area is 68.2 Å². The first kappa shape index (κ1) is 8.17. The van der Waals surface area contributed by atoms with E-state index in [0.717, 1.165) is 0 Å². The van der Waals surface area contributed by atoms with Crippen molar-refractivity contribution in [2.75, 3.05) is 0 Å². The van der Waals surface area contributed by atoms with Crippen LogP contribution in [0.3, 0.4) is 0 Å². The summed E-state index contributed by atoms with van der Waals surface area (Å²) in [5.74, 6) is -1.36. The van der Waals surface area contributed by atoms with Gasteiger partial charge in [0.25, 0.3) is 0 Å². The van der Waals surface area contributed by atoms with Gasteiger partial charge < -0.3 is 9.90 Å². The number of nitrogens with zero attached hydrogens (tertiary/aromatic N) is 1. The zero-order chi connectivity index (χ0) is 8.97. The molecular formula is C8H4NO3-. The van der Waals surface area contributed by atoms with E-state index < -0.39 is 5.97 Å². The highest BCUT2D eigenvalue weighted by Crippen LogP contribution is 2.16. The Balaban J connectivity index is 3.26. The number of rotatable bonds is 2. The highest BCUT2D eigenvalue weighted by atomic mass is 16.4. The maximum absolute atomic E-state index is 10.4. The molecule has 0 aliphatic heterocycles.